The summed E-state index contributed by atoms with van der Waals surface area (Å²) in [5.41, 5.74) is 14.6. The lowest BCUT2D eigenvalue weighted by Crippen LogP contribution is -2.18. The van der Waals surface area contributed by atoms with Gasteiger partial charge in [-0.2, -0.15) is 0 Å². The molecule has 0 saturated heterocycles. The van der Waals surface area contributed by atoms with Gasteiger partial charge < -0.3 is 15.9 Å². The maximum Gasteiger partial charge on any atom is 0.335 e. The van der Waals surface area contributed by atoms with Crippen LogP contribution in [0.15, 0.2) is 60.7 Å². The van der Waals surface area contributed by atoms with E-state index in [1.165, 1.54) is 34.2 Å². The highest BCUT2D eigenvalue weighted by molar-refractivity contribution is 5.88. The Bertz CT molecular complexity index is 1210. The van der Waals surface area contributed by atoms with E-state index in [1.54, 1.807) is 36.4 Å². The molecule has 35 heavy (non-hydrogen) atoms. The Morgan fingerprint density at radius 2 is 1.49 bits per heavy atom. The normalized spacial score (nSPS) is 15.7. The molecule has 1 aliphatic rings. The summed E-state index contributed by atoms with van der Waals surface area (Å²) in [6.07, 6.45) is 4.32. The average molecular weight is 472 g/mol. The number of nitrogens with two attached hydrogens (primary N) is 1. The summed E-state index contributed by atoms with van der Waals surface area (Å²) in [6.45, 7) is 13.8. The second kappa shape index (κ2) is 9.99. The first kappa shape index (κ1) is 26.1. The summed E-state index contributed by atoms with van der Waals surface area (Å²) in [5.74, 6) is -0.641. The van der Waals surface area contributed by atoms with Crippen LogP contribution in [0.3, 0.4) is 0 Å². The van der Waals surface area contributed by atoms with Crippen molar-refractivity contribution in [3.8, 4) is 5.75 Å². The predicted octanol–water partition coefficient (Wildman–Crippen LogP) is 7.44. The molecule has 4 heteroatoms. The van der Waals surface area contributed by atoms with Crippen LogP contribution in [0, 0.1) is 0 Å². The molecule has 0 saturated carbocycles. The Hall–Kier alpha value is -3.53. The molecule has 0 heterocycles. The third kappa shape index (κ3) is 5.94. The predicted molar refractivity (Wildman–Crippen MR) is 146 cm³/mol. The lowest BCUT2D eigenvalue weighted by molar-refractivity contribution is 0.0697. The number of benzene rings is 3. The number of anilines is 1. The van der Waals surface area contributed by atoms with Gasteiger partial charge in [0.2, 0.25) is 0 Å². The SMILES string of the molecule is CCc1cc2c(cc1C(C)=Cc1ccc(C(=O)O)cc1)C(C)(C)CC2(C)C.Nc1ccc(O)cc1. The van der Waals surface area contributed by atoms with E-state index in [9.17, 15) is 4.79 Å². The van der Waals surface area contributed by atoms with Gasteiger partial charge in [0.05, 0.1) is 5.56 Å². The Morgan fingerprint density at radius 3 is 1.97 bits per heavy atom. The number of hydrogen-bond acceptors (Lipinski definition) is 3. The minimum atomic E-state index is -0.890. The first-order chi connectivity index (χ1) is 16.3. The van der Waals surface area contributed by atoms with Gasteiger partial charge in [-0.1, -0.05) is 65.0 Å². The number of phenolic OH excluding ortho intramolecular Hbond substituents is 1. The number of carboxylic acids is 1. The van der Waals surface area contributed by atoms with Crippen LogP contribution in [-0.2, 0) is 17.3 Å². The second-order valence-electron chi connectivity index (χ2n) is 10.7. The molecule has 3 aromatic rings. The van der Waals surface area contributed by atoms with Gasteiger partial charge >= 0.3 is 5.97 Å². The fourth-order valence-corrected chi connectivity index (χ4v) is 5.24. The van der Waals surface area contributed by atoms with E-state index in [0.717, 1.165) is 12.0 Å². The van der Waals surface area contributed by atoms with Gasteiger partial charge in [-0.25, -0.2) is 4.79 Å². The Labute approximate surface area is 209 Å². The third-order valence-electron chi connectivity index (χ3n) is 6.83. The molecular formula is C31H37NO3. The number of aryl methyl sites for hydroxylation is 1. The highest BCUT2D eigenvalue weighted by Crippen LogP contribution is 2.50. The maximum absolute atomic E-state index is 11.0. The van der Waals surface area contributed by atoms with Crippen molar-refractivity contribution in [1.29, 1.82) is 0 Å². The molecule has 0 aromatic heterocycles. The van der Waals surface area contributed by atoms with Crippen molar-refractivity contribution in [2.75, 3.05) is 5.73 Å². The van der Waals surface area contributed by atoms with Gasteiger partial charge in [0, 0.05) is 5.69 Å². The van der Waals surface area contributed by atoms with E-state index < -0.39 is 5.97 Å². The lowest BCUT2D eigenvalue weighted by Gasteiger charge is -2.22. The van der Waals surface area contributed by atoms with Crippen LogP contribution in [0.2, 0.25) is 0 Å². The molecule has 0 spiro atoms. The maximum atomic E-state index is 11.0. The van der Waals surface area contributed by atoms with E-state index in [1.807, 2.05) is 12.1 Å². The molecule has 0 unspecified atom stereocenters. The van der Waals surface area contributed by atoms with Crippen molar-refractivity contribution in [3.05, 3.63) is 94.0 Å². The second-order valence-corrected chi connectivity index (χ2v) is 10.7. The summed E-state index contributed by atoms with van der Waals surface area (Å²) in [6, 6.07) is 18.3. The van der Waals surface area contributed by atoms with Gasteiger partial charge in [0.25, 0.3) is 0 Å². The van der Waals surface area contributed by atoms with Crippen LogP contribution >= 0.6 is 0 Å². The minimum Gasteiger partial charge on any atom is -0.508 e. The Kier molecular flexibility index (Phi) is 7.44. The smallest absolute Gasteiger partial charge is 0.335 e. The van der Waals surface area contributed by atoms with E-state index >= 15 is 0 Å². The van der Waals surface area contributed by atoms with Gasteiger partial charge in [0.15, 0.2) is 0 Å². The van der Waals surface area contributed by atoms with Gasteiger partial charge in [0.1, 0.15) is 5.75 Å². The summed E-state index contributed by atoms with van der Waals surface area (Å²) < 4.78 is 0. The molecule has 1 aliphatic carbocycles. The standard InChI is InChI=1S/C25H30O2.C6H7NO/c1-7-18-13-21-22(25(5,6)15-24(21,3)4)14-20(18)16(2)12-17-8-10-19(11-9-17)23(26)27;7-5-1-3-6(8)4-2-5/h8-14H,7,15H2,1-6H3,(H,26,27);1-4,8H,7H2. The van der Waals surface area contributed by atoms with Crippen LogP contribution < -0.4 is 5.73 Å². The highest BCUT2D eigenvalue weighted by atomic mass is 16.4. The summed E-state index contributed by atoms with van der Waals surface area (Å²) >= 11 is 0. The molecule has 0 radical (unpaired) electrons. The number of nitrogen functional groups attached to an aromatic ring is 1. The number of aromatic carboxylic acids is 1. The first-order valence-corrected chi connectivity index (χ1v) is 12.1. The summed E-state index contributed by atoms with van der Waals surface area (Å²) in [4.78, 5) is 11.0. The zero-order valence-electron chi connectivity index (χ0n) is 21.6. The molecule has 4 rings (SSSR count). The molecule has 4 N–H and O–H groups in total. The van der Waals surface area contributed by atoms with Gasteiger partial charge in [-0.15, -0.1) is 0 Å². The molecule has 0 amide bonds. The fourth-order valence-electron chi connectivity index (χ4n) is 5.24. The summed E-state index contributed by atoms with van der Waals surface area (Å²) in [7, 11) is 0. The average Bonchev–Trinajstić information content (AvgIpc) is 2.98. The largest absolute Gasteiger partial charge is 0.508 e. The number of rotatable bonds is 4. The van der Waals surface area contributed by atoms with E-state index in [2.05, 4.69) is 59.8 Å². The quantitative estimate of drug-likeness (QED) is 0.210. The zero-order chi connectivity index (χ0) is 26.0. The first-order valence-electron chi connectivity index (χ1n) is 12.1. The number of carbonyl (C=O) groups is 1. The van der Waals surface area contributed by atoms with E-state index in [-0.39, 0.29) is 16.6 Å². The molecule has 0 fully saturated rings. The lowest BCUT2D eigenvalue weighted by atomic mass is 9.82. The molecule has 0 atom stereocenters. The topological polar surface area (TPSA) is 83.5 Å². The van der Waals surface area contributed by atoms with Crippen LogP contribution in [-0.4, -0.2) is 16.2 Å². The van der Waals surface area contributed by atoms with Crippen molar-refractivity contribution in [1.82, 2.24) is 0 Å². The monoisotopic (exact) mass is 471 g/mol. The number of fused-ring (bicyclic) bond motifs is 1. The van der Waals surface area contributed by atoms with Crippen molar-refractivity contribution < 1.29 is 15.0 Å². The number of hydrogen-bond donors (Lipinski definition) is 3. The molecule has 0 bridgehead atoms. The van der Waals surface area contributed by atoms with Crippen LogP contribution in [0.4, 0.5) is 5.69 Å². The molecule has 3 aromatic carbocycles. The Balaban J connectivity index is 0.000000363. The molecule has 0 aliphatic heterocycles. The van der Waals surface area contributed by atoms with Crippen LogP contribution in [0.5, 0.6) is 5.75 Å². The van der Waals surface area contributed by atoms with Crippen molar-refractivity contribution in [2.45, 2.75) is 65.2 Å². The Morgan fingerprint density at radius 1 is 0.943 bits per heavy atom. The fraction of sp³-hybridized carbons (Fsp3) is 0.323. The van der Waals surface area contributed by atoms with Crippen LogP contribution in [0.1, 0.15) is 86.1 Å². The number of aromatic hydroxyl groups is 1. The minimum absolute atomic E-state index is 0.184. The van der Waals surface area contributed by atoms with Crippen molar-refractivity contribution in [2.24, 2.45) is 0 Å². The number of carboxylic acid groups (broad SMARTS) is 1. The molecule has 184 valence electrons. The van der Waals surface area contributed by atoms with Crippen LogP contribution in [0.25, 0.3) is 11.6 Å². The van der Waals surface area contributed by atoms with Gasteiger partial charge in [-0.3, -0.25) is 0 Å². The highest BCUT2D eigenvalue weighted by Gasteiger charge is 2.42. The van der Waals surface area contributed by atoms with E-state index in [4.69, 9.17) is 15.9 Å². The molecule has 4 nitrogen and oxygen atoms in total. The van der Waals surface area contributed by atoms with Crippen molar-refractivity contribution >= 4 is 23.3 Å². The molecular weight excluding hydrogens is 434 g/mol. The van der Waals surface area contributed by atoms with Gasteiger partial charge in [-0.05, 0) is 100 Å². The van der Waals surface area contributed by atoms with Crippen molar-refractivity contribution in [3.63, 3.8) is 0 Å². The zero-order valence-corrected chi connectivity index (χ0v) is 21.6. The van der Waals surface area contributed by atoms with E-state index in [0.29, 0.717) is 11.3 Å². The summed E-state index contributed by atoms with van der Waals surface area (Å²) in [5, 5.41) is 17.8. The third-order valence-corrected chi connectivity index (χ3v) is 6.83. The number of phenols is 1. The number of allylic oxidation sites excluding steroid dienone is 1.